The molecule has 0 saturated heterocycles. The second-order valence-corrected chi connectivity index (χ2v) is 5.84. The number of aliphatic imine (C=N–C) groups is 1. The first-order valence-electron chi connectivity index (χ1n) is 7.38. The molecular weight excluding hydrogens is 355 g/mol. The van der Waals surface area contributed by atoms with Gasteiger partial charge in [0.15, 0.2) is 11.7 Å². The number of nitrogens with one attached hydrogen (secondary N) is 2. The fourth-order valence-electron chi connectivity index (χ4n) is 1.99. The molecule has 0 saturated carbocycles. The topological polar surface area (TPSA) is 71.4 Å². The molecule has 2 heterocycles. The van der Waals surface area contributed by atoms with Crippen molar-refractivity contribution in [2.24, 2.45) is 4.99 Å². The van der Waals surface area contributed by atoms with E-state index in [4.69, 9.17) is 4.74 Å². The number of hydrogen-bond donors (Lipinski definition) is 2. The Balaban J connectivity index is 1.82. The molecule has 0 spiro atoms. The van der Waals surface area contributed by atoms with Crippen LogP contribution in [0.25, 0.3) is 0 Å². The van der Waals surface area contributed by atoms with Gasteiger partial charge in [-0.05, 0) is 6.07 Å². The van der Waals surface area contributed by atoms with Crippen LogP contribution >= 0.6 is 11.3 Å². The zero-order chi connectivity index (χ0) is 18.3. The predicted molar refractivity (Wildman–Crippen MR) is 89.8 cm³/mol. The van der Waals surface area contributed by atoms with Crippen molar-refractivity contribution in [3.8, 4) is 5.88 Å². The number of methoxy groups -OCH3 is 1. The average Bonchev–Trinajstić information content (AvgIpc) is 3.07. The van der Waals surface area contributed by atoms with Gasteiger partial charge in [-0.25, -0.2) is 9.97 Å². The van der Waals surface area contributed by atoms with E-state index in [0.717, 1.165) is 22.3 Å². The summed E-state index contributed by atoms with van der Waals surface area (Å²) in [6, 6.07) is 3.68. The molecule has 0 aromatic carbocycles. The monoisotopic (exact) mass is 373 g/mol. The van der Waals surface area contributed by atoms with Crippen molar-refractivity contribution in [2.75, 3.05) is 20.7 Å². The van der Waals surface area contributed by atoms with Gasteiger partial charge in [-0.15, -0.1) is 11.3 Å². The van der Waals surface area contributed by atoms with E-state index in [2.05, 4.69) is 25.6 Å². The number of ether oxygens (including phenoxy) is 1. The van der Waals surface area contributed by atoms with Crippen molar-refractivity contribution in [1.82, 2.24) is 20.6 Å². The number of thiazole rings is 1. The van der Waals surface area contributed by atoms with Crippen LogP contribution < -0.4 is 15.4 Å². The molecule has 0 aliphatic rings. The first kappa shape index (κ1) is 19.0. The molecule has 0 atom stereocenters. The van der Waals surface area contributed by atoms with Crippen molar-refractivity contribution >= 4 is 17.3 Å². The fraction of sp³-hybridized carbons (Fsp3) is 0.400. The number of halogens is 3. The van der Waals surface area contributed by atoms with Crippen LogP contribution in [0.2, 0.25) is 0 Å². The van der Waals surface area contributed by atoms with Gasteiger partial charge in [0, 0.05) is 43.7 Å². The summed E-state index contributed by atoms with van der Waals surface area (Å²) < 4.78 is 42.7. The Morgan fingerprint density at radius 1 is 1.36 bits per heavy atom. The Morgan fingerprint density at radius 2 is 2.16 bits per heavy atom. The van der Waals surface area contributed by atoms with Crippen LogP contribution in [0, 0.1) is 0 Å². The highest BCUT2D eigenvalue weighted by Crippen LogP contribution is 2.29. The van der Waals surface area contributed by atoms with E-state index >= 15 is 0 Å². The van der Waals surface area contributed by atoms with Gasteiger partial charge in [-0.3, -0.25) is 4.99 Å². The van der Waals surface area contributed by atoms with E-state index in [-0.39, 0.29) is 0 Å². The summed E-state index contributed by atoms with van der Waals surface area (Å²) in [5, 5.41) is 7.58. The van der Waals surface area contributed by atoms with Crippen LogP contribution in [0.4, 0.5) is 13.2 Å². The summed E-state index contributed by atoms with van der Waals surface area (Å²) in [5.74, 6) is 1.05. The normalized spacial score (nSPS) is 12.1. The summed E-state index contributed by atoms with van der Waals surface area (Å²) in [7, 11) is 3.16. The van der Waals surface area contributed by atoms with Gasteiger partial charge in [-0.1, -0.05) is 6.07 Å². The van der Waals surface area contributed by atoms with Crippen molar-refractivity contribution in [2.45, 2.75) is 19.1 Å². The van der Waals surface area contributed by atoms with Crippen LogP contribution in [0.3, 0.4) is 0 Å². The van der Waals surface area contributed by atoms with E-state index in [0.29, 0.717) is 36.4 Å². The van der Waals surface area contributed by atoms with Gasteiger partial charge in [0.1, 0.15) is 0 Å². The number of alkyl halides is 3. The zero-order valence-electron chi connectivity index (χ0n) is 13.7. The second kappa shape index (κ2) is 8.65. The molecule has 25 heavy (non-hydrogen) atoms. The smallest absolute Gasteiger partial charge is 0.434 e. The molecule has 2 aromatic heterocycles. The Bertz CT molecular complexity index is 717. The first-order valence-corrected chi connectivity index (χ1v) is 8.26. The molecule has 0 radical (unpaired) electrons. The number of hydrogen-bond acceptors (Lipinski definition) is 5. The molecule has 0 fully saturated rings. The lowest BCUT2D eigenvalue weighted by molar-refractivity contribution is -0.140. The number of aromatic nitrogens is 2. The third kappa shape index (κ3) is 5.59. The summed E-state index contributed by atoms with van der Waals surface area (Å²) in [4.78, 5) is 11.8. The number of nitrogens with zero attached hydrogens (tertiary/aromatic N) is 3. The maximum atomic E-state index is 12.5. The highest BCUT2D eigenvalue weighted by atomic mass is 32.1. The lowest BCUT2D eigenvalue weighted by atomic mass is 10.2. The number of pyridine rings is 1. The van der Waals surface area contributed by atoms with E-state index < -0.39 is 11.9 Å². The zero-order valence-corrected chi connectivity index (χ0v) is 14.5. The molecule has 136 valence electrons. The van der Waals surface area contributed by atoms with Crippen molar-refractivity contribution < 1.29 is 17.9 Å². The van der Waals surface area contributed by atoms with Crippen LogP contribution in [-0.4, -0.2) is 36.6 Å². The molecule has 0 amide bonds. The molecule has 2 aromatic rings. The predicted octanol–water partition coefficient (Wildman–Crippen LogP) is 2.47. The molecule has 2 N–H and O–H groups in total. The first-order chi connectivity index (χ1) is 11.9. The van der Waals surface area contributed by atoms with Crippen molar-refractivity contribution in [1.29, 1.82) is 0 Å². The molecule has 0 unspecified atom stereocenters. The molecule has 2 rings (SSSR count). The van der Waals surface area contributed by atoms with E-state index in [1.165, 1.54) is 0 Å². The van der Waals surface area contributed by atoms with Crippen LogP contribution in [0.5, 0.6) is 5.88 Å². The van der Waals surface area contributed by atoms with Gasteiger partial charge in [-0.2, -0.15) is 13.2 Å². The standard InChI is InChI=1S/C15H18F3N5OS/c1-19-14(22-8-10-4-3-6-20-13(10)24-2)21-7-5-12-23-11(9-25-12)15(16,17)18/h3-4,6,9H,5,7-8H2,1-2H3,(H2,19,21,22). The minimum absolute atomic E-state index is 0.373. The highest BCUT2D eigenvalue weighted by molar-refractivity contribution is 7.09. The van der Waals surface area contributed by atoms with Gasteiger partial charge in [0.25, 0.3) is 0 Å². The third-order valence-corrected chi connectivity index (χ3v) is 4.10. The lowest BCUT2D eigenvalue weighted by Crippen LogP contribution is -2.37. The van der Waals surface area contributed by atoms with Gasteiger partial charge >= 0.3 is 6.18 Å². The van der Waals surface area contributed by atoms with Gasteiger partial charge < -0.3 is 15.4 Å². The Morgan fingerprint density at radius 3 is 2.80 bits per heavy atom. The van der Waals surface area contributed by atoms with Crippen molar-refractivity contribution in [3.63, 3.8) is 0 Å². The average molecular weight is 373 g/mol. The lowest BCUT2D eigenvalue weighted by Gasteiger charge is -2.12. The molecule has 0 bridgehead atoms. The summed E-state index contributed by atoms with van der Waals surface area (Å²) in [5.41, 5.74) is 0.0152. The van der Waals surface area contributed by atoms with E-state index in [1.54, 1.807) is 26.4 Å². The molecule has 10 heteroatoms. The Hall–Kier alpha value is -2.36. The number of rotatable bonds is 6. The highest BCUT2D eigenvalue weighted by Gasteiger charge is 2.33. The molecule has 6 nitrogen and oxygen atoms in total. The van der Waals surface area contributed by atoms with Crippen LogP contribution in [0.15, 0.2) is 28.7 Å². The molecular formula is C15H18F3N5OS. The van der Waals surface area contributed by atoms with Crippen LogP contribution in [-0.2, 0) is 19.1 Å². The summed E-state index contributed by atoms with van der Waals surface area (Å²) >= 11 is 0.995. The third-order valence-electron chi connectivity index (χ3n) is 3.19. The van der Waals surface area contributed by atoms with Crippen molar-refractivity contribution in [3.05, 3.63) is 40.0 Å². The maximum Gasteiger partial charge on any atom is 0.434 e. The minimum atomic E-state index is -4.40. The van der Waals surface area contributed by atoms with Gasteiger partial charge in [0.05, 0.1) is 12.1 Å². The Kier molecular flexibility index (Phi) is 6.57. The SMILES string of the molecule is CN=C(NCCc1nc(C(F)(F)F)cs1)NCc1cccnc1OC. The van der Waals surface area contributed by atoms with Gasteiger partial charge in [0.2, 0.25) is 5.88 Å². The largest absolute Gasteiger partial charge is 0.481 e. The summed E-state index contributed by atoms with van der Waals surface area (Å²) in [6.07, 6.45) is -2.39. The second-order valence-electron chi connectivity index (χ2n) is 4.90. The molecule has 0 aliphatic carbocycles. The van der Waals surface area contributed by atoms with E-state index in [9.17, 15) is 13.2 Å². The van der Waals surface area contributed by atoms with E-state index in [1.807, 2.05) is 6.07 Å². The summed E-state index contributed by atoms with van der Waals surface area (Å²) in [6.45, 7) is 0.862. The Labute approximate surface area is 147 Å². The maximum absolute atomic E-state index is 12.5. The minimum Gasteiger partial charge on any atom is -0.481 e. The molecule has 0 aliphatic heterocycles. The number of guanidine groups is 1. The quantitative estimate of drug-likeness (QED) is 0.601. The van der Waals surface area contributed by atoms with Crippen LogP contribution in [0.1, 0.15) is 16.3 Å². The fourth-order valence-corrected chi connectivity index (χ4v) is 2.79.